The Morgan fingerprint density at radius 1 is 1.33 bits per heavy atom. The summed E-state index contributed by atoms with van der Waals surface area (Å²) in [6, 6.07) is 6.22. The van der Waals surface area contributed by atoms with E-state index < -0.39 is 10.0 Å². The fourth-order valence-electron chi connectivity index (χ4n) is 2.21. The van der Waals surface area contributed by atoms with Crippen LogP contribution in [0.2, 0.25) is 5.02 Å². The maximum atomic E-state index is 12.2. The van der Waals surface area contributed by atoms with E-state index in [1.54, 1.807) is 16.8 Å². The largest absolute Gasteiger partial charge is 0.272 e. The van der Waals surface area contributed by atoms with Gasteiger partial charge in [0, 0.05) is 24.3 Å². The second-order valence-corrected chi connectivity index (χ2v) is 7.08. The molecule has 21 heavy (non-hydrogen) atoms. The van der Waals surface area contributed by atoms with E-state index in [4.69, 9.17) is 11.6 Å². The lowest BCUT2D eigenvalue weighted by Gasteiger charge is -2.07. The number of hydrogen-bond donors (Lipinski definition) is 1. The number of sulfonamides is 1. The van der Waals surface area contributed by atoms with Gasteiger partial charge in [-0.15, -0.1) is 0 Å². The van der Waals surface area contributed by atoms with Gasteiger partial charge in [0.05, 0.1) is 10.6 Å². The molecule has 0 fully saturated rings. The van der Waals surface area contributed by atoms with Gasteiger partial charge >= 0.3 is 0 Å². The van der Waals surface area contributed by atoms with Crippen LogP contribution in [-0.2, 0) is 23.5 Å². The summed E-state index contributed by atoms with van der Waals surface area (Å²) in [6.07, 6.45) is 0.602. The minimum absolute atomic E-state index is 0.176. The van der Waals surface area contributed by atoms with Gasteiger partial charge in [0.1, 0.15) is 0 Å². The van der Waals surface area contributed by atoms with Gasteiger partial charge in [-0.2, -0.15) is 5.10 Å². The first-order chi connectivity index (χ1) is 9.81. The second-order valence-electron chi connectivity index (χ2n) is 4.88. The van der Waals surface area contributed by atoms with Crippen molar-refractivity contribution >= 4 is 21.6 Å². The number of nitrogens with one attached hydrogen (secondary N) is 1. The van der Waals surface area contributed by atoms with E-state index in [2.05, 4.69) is 9.82 Å². The maximum absolute atomic E-state index is 12.2. The molecule has 1 aromatic carbocycles. The van der Waals surface area contributed by atoms with Crippen LogP contribution < -0.4 is 4.72 Å². The predicted molar refractivity (Wildman–Crippen MR) is 83.0 cm³/mol. The lowest BCUT2D eigenvalue weighted by molar-refractivity contribution is 0.581. The van der Waals surface area contributed by atoms with Crippen LogP contribution in [0.4, 0.5) is 0 Å². The van der Waals surface area contributed by atoms with Crippen molar-refractivity contribution < 1.29 is 8.42 Å². The van der Waals surface area contributed by atoms with Crippen molar-refractivity contribution in [3.05, 3.63) is 46.2 Å². The molecule has 0 radical (unpaired) electrons. The Hall–Kier alpha value is -1.37. The number of aromatic nitrogens is 2. The predicted octanol–water partition coefficient (Wildman–Crippen LogP) is 2.21. The van der Waals surface area contributed by atoms with Crippen molar-refractivity contribution in [2.24, 2.45) is 7.05 Å². The van der Waals surface area contributed by atoms with Gasteiger partial charge < -0.3 is 0 Å². The Morgan fingerprint density at radius 3 is 2.62 bits per heavy atom. The highest BCUT2D eigenvalue weighted by Gasteiger charge is 2.15. The van der Waals surface area contributed by atoms with Crippen LogP contribution in [0.25, 0.3) is 0 Å². The first-order valence-electron chi connectivity index (χ1n) is 6.55. The molecule has 0 bridgehead atoms. The van der Waals surface area contributed by atoms with Crippen LogP contribution in [0, 0.1) is 13.8 Å². The van der Waals surface area contributed by atoms with E-state index in [0.717, 1.165) is 17.0 Å². The molecule has 0 saturated heterocycles. The normalized spacial score (nSPS) is 11.8. The maximum Gasteiger partial charge on any atom is 0.240 e. The molecule has 0 atom stereocenters. The highest BCUT2D eigenvalue weighted by molar-refractivity contribution is 7.89. The standard InChI is InChI=1S/C14H18ClN3O2S/c1-10-14(11(2)18(3)17-10)7-8-16-21(19,20)13-6-4-5-12(15)9-13/h4-6,9,16H,7-8H2,1-3H3. The van der Waals surface area contributed by atoms with Crippen molar-refractivity contribution in [2.45, 2.75) is 25.2 Å². The molecule has 1 heterocycles. The van der Waals surface area contributed by atoms with Crippen LogP contribution in [0.3, 0.4) is 0 Å². The molecule has 0 amide bonds. The van der Waals surface area contributed by atoms with E-state index >= 15 is 0 Å². The molecular weight excluding hydrogens is 310 g/mol. The Kier molecular flexibility index (Phi) is 4.70. The van der Waals surface area contributed by atoms with Gasteiger partial charge in [0.25, 0.3) is 0 Å². The fourth-order valence-corrected chi connectivity index (χ4v) is 3.54. The minimum Gasteiger partial charge on any atom is -0.272 e. The van der Waals surface area contributed by atoms with Gasteiger partial charge in [0.15, 0.2) is 0 Å². The van der Waals surface area contributed by atoms with Crippen LogP contribution in [0.5, 0.6) is 0 Å². The van der Waals surface area contributed by atoms with E-state index in [1.165, 1.54) is 12.1 Å². The van der Waals surface area contributed by atoms with Crippen LogP contribution >= 0.6 is 11.6 Å². The zero-order valence-corrected chi connectivity index (χ0v) is 13.8. The molecule has 5 nitrogen and oxygen atoms in total. The second kappa shape index (κ2) is 6.17. The Morgan fingerprint density at radius 2 is 2.05 bits per heavy atom. The van der Waals surface area contributed by atoms with Crippen molar-refractivity contribution in [1.29, 1.82) is 0 Å². The summed E-state index contributed by atoms with van der Waals surface area (Å²) < 4.78 is 28.7. The number of halogens is 1. The Bertz CT molecular complexity index is 754. The van der Waals surface area contributed by atoms with Gasteiger partial charge in [-0.25, -0.2) is 13.1 Å². The van der Waals surface area contributed by atoms with E-state index in [-0.39, 0.29) is 4.90 Å². The molecule has 0 aliphatic carbocycles. The number of hydrogen-bond acceptors (Lipinski definition) is 3. The summed E-state index contributed by atoms with van der Waals surface area (Å²) in [5, 5.41) is 4.72. The highest BCUT2D eigenvalue weighted by Crippen LogP contribution is 2.16. The zero-order valence-electron chi connectivity index (χ0n) is 12.2. The summed E-state index contributed by atoms with van der Waals surface area (Å²) >= 11 is 5.82. The van der Waals surface area contributed by atoms with Gasteiger partial charge in [-0.1, -0.05) is 17.7 Å². The average Bonchev–Trinajstić information content (AvgIpc) is 2.65. The minimum atomic E-state index is -3.53. The molecule has 2 aromatic rings. The first kappa shape index (κ1) is 16.0. The molecule has 1 N–H and O–H groups in total. The molecule has 0 aliphatic heterocycles. The van der Waals surface area contributed by atoms with E-state index in [0.29, 0.717) is 18.0 Å². The summed E-state index contributed by atoms with van der Waals surface area (Å²) in [7, 11) is -1.66. The van der Waals surface area contributed by atoms with Crippen molar-refractivity contribution in [3.8, 4) is 0 Å². The number of nitrogens with zero attached hydrogens (tertiary/aromatic N) is 2. The molecular formula is C14H18ClN3O2S. The lowest BCUT2D eigenvalue weighted by atomic mass is 10.1. The number of rotatable bonds is 5. The highest BCUT2D eigenvalue weighted by atomic mass is 35.5. The third-order valence-electron chi connectivity index (χ3n) is 3.43. The molecule has 0 aliphatic rings. The monoisotopic (exact) mass is 327 g/mol. The number of benzene rings is 1. The Balaban J connectivity index is 2.06. The van der Waals surface area contributed by atoms with Crippen LogP contribution in [0.15, 0.2) is 29.2 Å². The molecule has 0 spiro atoms. The zero-order chi connectivity index (χ0) is 15.6. The van der Waals surface area contributed by atoms with E-state index in [9.17, 15) is 8.42 Å². The summed E-state index contributed by atoms with van der Waals surface area (Å²) in [6.45, 7) is 4.22. The van der Waals surface area contributed by atoms with E-state index in [1.807, 2.05) is 20.9 Å². The van der Waals surface area contributed by atoms with Crippen LogP contribution in [-0.4, -0.2) is 24.7 Å². The molecule has 0 unspecified atom stereocenters. The lowest BCUT2D eigenvalue weighted by Crippen LogP contribution is -2.26. The quantitative estimate of drug-likeness (QED) is 0.915. The third kappa shape index (κ3) is 3.64. The van der Waals surface area contributed by atoms with Gasteiger partial charge in [-0.3, -0.25) is 4.68 Å². The third-order valence-corrected chi connectivity index (χ3v) is 5.13. The molecule has 2 rings (SSSR count). The van der Waals surface area contributed by atoms with Crippen LogP contribution in [0.1, 0.15) is 17.0 Å². The van der Waals surface area contributed by atoms with Gasteiger partial charge in [0.2, 0.25) is 10.0 Å². The topological polar surface area (TPSA) is 64.0 Å². The SMILES string of the molecule is Cc1nn(C)c(C)c1CCNS(=O)(=O)c1cccc(Cl)c1. The molecule has 1 aromatic heterocycles. The molecule has 7 heteroatoms. The summed E-state index contributed by atoms with van der Waals surface area (Å²) in [5.41, 5.74) is 3.05. The smallest absolute Gasteiger partial charge is 0.240 e. The van der Waals surface area contributed by atoms with Crippen molar-refractivity contribution in [1.82, 2.24) is 14.5 Å². The Labute approximate surface area is 130 Å². The first-order valence-corrected chi connectivity index (χ1v) is 8.41. The summed E-state index contributed by atoms with van der Waals surface area (Å²) in [4.78, 5) is 0.176. The van der Waals surface area contributed by atoms with Gasteiger partial charge in [-0.05, 0) is 44.0 Å². The number of aryl methyl sites for hydroxylation is 2. The molecule has 114 valence electrons. The van der Waals surface area contributed by atoms with Crippen molar-refractivity contribution in [3.63, 3.8) is 0 Å². The van der Waals surface area contributed by atoms with Crippen molar-refractivity contribution in [2.75, 3.05) is 6.54 Å². The fraction of sp³-hybridized carbons (Fsp3) is 0.357. The average molecular weight is 328 g/mol. The molecule has 0 saturated carbocycles. The summed E-state index contributed by atoms with van der Waals surface area (Å²) in [5.74, 6) is 0.